The number of aliphatic hydroxyl groups is 1. The number of nitrogens with zero attached hydrogens (tertiary/aromatic N) is 1. The number of aliphatic hydroxyl groups excluding tert-OH is 1. The molecule has 0 aromatic heterocycles. The number of rotatable bonds is 19. The Labute approximate surface area is 157 Å². The van der Waals surface area contributed by atoms with Crippen molar-refractivity contribution in [1.29, 1.82) is 0 Å². The standard InChI is InChI=1S/C22H43NO2/c1-3-4-5-6-7-8-9-10-11-12-13-14-15-16-17-18-20-23(25-2)21-19-22-24/h7-8,10-11,24H,3-6,9,12-22H2,1-2H3/b8-7+,11-10+. The third kappa shape index (κ3) is 19.5. The zero-order valence-corrected chi connectivity index (χ0v) is 16.9. The summed E-state index contributed by atoms with van der Waals surface area (Å²) in [5, 5.41) is 10.8. The SMILES string of the molecule is CCCCC/C=C/C/C=C/CCCCCCCCN(CCCO)OC. The van der Waals surface area contributed by atoms with Gasteiger partial charge in [0.1, 0.15) is 0 Å². The maximum atomic E-state index is 8.83. The quantitative estimate of drug-likeness (QED) is 0.174. The Morgan fingerprint density at radius 3 is 1.88 bits per heavy atom. The van der Waals surface area contributed by atoms with Crippen molar-refractivity contribution in [2.45, 2.75) is 90.4 Å². The Morgan fingerprint density at radius 1 is 0.720 bits per heavy atom. The minimum absolute atomic E-state index is 0.240. The van der Waals surface area contributed by atoms with Gasteiger partial charge in [-0.05, 0) is 44.9 Å². The topological polar surface area (TPSA) is 32.7 Å². The smallest absolute Gasteiger partial charge is 0.0575 e. The highest BCUT2D eigenvalue weighted by molar-refractivity contribution is 4.92. The number of allylic oxidation sites excluding steroid dienone is 4. The molecular weight excluding hydrogens is 310 g/mol. The van der Waals surface area contributed by atoms with E-state index in [0.29, 0.717) is 0 Å². The van der Waals surface area contributed by atoms with E-state index in [0.717, 1.165) is 25.9 Å². The largest absolute Gasteiger partial charge is 0.396 e. The lowest BCUT2D eigenvalue weighted by Gasteiger charge is -2.18. The van der Waals surface area contributed by atoms with Gasteiger partial charge in [-0.1, -0.05) is 69.8 Å². The maximum absolute atomic E-state index is 8.83. The van der Waals surface area contributed by atoms with Gasteiger partial charge < -0.3 is 9.94 Å². The van der Waals surface area contributed by atoms with Crippen LogP contribution in [0, 0.1) is 0 Å². The number of hydrogen-bond acceptors (Lipinski definition) is 3. The molecule has 0 rings (SSSR count). The number of hydroxylamine groups is 2. The van der Waals surface area contributed by atoms with Gasteiger partial charge in [0.2, 0.25) is 0 Å². The van der Waals surface area contributed by atoms with Gasteiger partial charge in [0.15, 0.2) is 0 Å². The zero-order valence-electron chi connectivity index (χ0n) is 16.9. The molecule has 0 spiro atoms. The minimum atomic E-state index is 0.240. The third-order valence-corrected chi connectivity index (χ3v) is 4.43. The van der Waals surface area contributed by atoms with Crippen LogP contribution in [-0.2, 0) is 4.84 Å². The summed E-state index contributed by atoms with van der Waals surface area (Å²) in [4.78, 5) is 5.29. The average molecular weight is 354 g/mol. The summed E-state index contributed by atoms with van der Waals surface area (Å²) in [6, 6.07) is 0. The van der Waals surface area contributed by atoms with Crippen LogP contribution in [0.4, 0.5) is 0 Å². The second kappa shape index (κ2) is 21.4. The van der Waals surface area contributed by atoms with E-state index in [4.69, 9.17) is 9.94 Å². The van der Waals surface area contributed by atoms with Gasteiger partial charge in [-0.25, -0.2) is 0 Å². The Balaban J connectivity index is 3.28. The summed E-state index contributed by atoms with van der Waals surface area (Å²) < 4.78 is 0. The van der Waals surface area contributed by atoms with Gasteiger partial charge >= 0.3 is 0 Å². The maximum Gasteiger partial charge on any atom is 0.0575 e. The molecular formula is C22H43NO2. The highest BCUT2D eigenvalue weighted by atomic mass is 16.7. The van der Waals surface area contributed by atoms with Gasteiger partial charge in [0.25, 0.3) is 0 Å². The molecule has 0 heterocycles. The van der Waals surface area contributed by atoms with E-state index in [-0.39, 0.29) is 6.61 Å². The summed E-state index contributed by atoms with van der Waals surface area (Å²) in [7, 11) is 1.72. The van der Waals surface area contributed by atoms with Gasteiger partial charge in [0, 0.05) is 19.7 Å². The predicted molar refractivity (Wildman–Crippen MR) is 110 cm³/mol. The van der Waals surface area contributed by atoms with Crippen molar-refractivity contribution < 1.29 is 9.94 Å². The highest BCUT2D eigenvalue weighted by Gasteiger charge is 2.02. The summed E-state index contributed by atoms with van der Waals surface area (Å²) in [5.74, 6) is 0. The lowest BCUT2D eigenvalue weighted by molar-refractivity contribution is -0.133. The van der Waals surface area contributed by atoms with Crippen molar-refractivity contribution in [1.82, 2.24) is 5.06 Å². The van der Waals surface area contributed by atoms with E-state index < -0.39 is 0 Å². The molecule has 0 aromatic rings. The van der Waals surface area contributed by atoms with Crippen molar-refractivity contribution in [2.24, 2.45) is 0 Å². The second-order valence-corrected chi connectivity index (χ2v) is 6.77. The molecule has 0 saturated carbocycles. The van der Waals surface area contributed by atoms with E-state index in [1.807, 2.05) is 5.06 Å². The fraction of sp³-hybridized carbons (Fsp3) is 0.818. The molecule has 148 valence electrons. The zero-order chi connectivity index (χ0) is 18.4. The molecule has 0 atom stereocenters. The predicted octanol–water partition coefficient (Wildman–Crippen LogP) is 6.05. The van der Waals surface area contributed by atoms with Crippen LogP contribution in [0.2, 0.25) is 0 Å². The number of hydrogen-bond donors (Lipinski definition) is 1. The lowest BCUT2D eigenvalue weighted by atomic mass is 10.1. The van der Waals surface area contributed by atoms with E-state index in [1.165, 1.54) is 70.6 Å². The first-order valence-electron chi connectivity index (χ1n) is 10.5. The fourth-order valence-corrected chi connectivity index (χ4v) is 2.82. The highest BCUT2D eigenvalue weighted by Crippen LogP contribution is 2.09. The van der Waals surface area contributed by atoms with Crippen LogP contribution in [-0.4, -0.2) is 37.0 Å². The first kappa shape index (κ1) is 24.4. The van der Waals surface area contributed by atoms with Crippen molar-refractivity contribution in [2.75, 3.05) is 26.8 Å². The Bertz CT molecular complexity index is 302. The summed E-state index contributed by atoms with van der Waals surface area (Å²) in [5.41, 5.74) is 0. The molecule has 1 N–H and O–H groups in total. The van der Waals surface area contributed by atoms with E-state index in [2.05, 4.69) is 31.2 Å². The molecule has 0 radical (unpaired) electrons. The molecule has 25 heavy (non-hydrogen) atoms. The summed E-state index contributed by atoms with van der Waals surface area (Å²) in [6.45, 7) is 4.30. The van der Waals surface area contributed by atoms with E-state index in [9.17, 15) is 0 Å². The van der Waals surface area contributed by atoms with Crippen molar-refractivity contribution in [3.63, 3.8) is 0 Å². The van der Waals surface area contributed by atoms with Crippen LogP contribution < -0.4 is 0 Å². The van der Waals surface area contributed by atoms with Crippen molar-refractivity contribution in [3.8, 4) is 0 Å². The third-order valence-electron chi connectivity index (χ3n) is 4.43. The molecule has 0 amide bonds. The van der Waals surface area contributed by atoms with Gasteiger partial charge in [0.05, 0.1) is 7.11 Å². The molecule has 0 fully saturated rings. The summed E-state index contributed by atoms with van der Waals surface area (Å²) in [6.07, 6.45) is 25.4. The molecule has 0 saturated heterocycles. The van der Waals surface area contributed by atoms with Gasteiger partial charge in [-0.2, -0.15) is 5.06 Å². The molecule has 0 unspecified atom stereocenters. The van der Waals surface area contributed by atoms with Crippen LogP contribution in [0.25, 0.3) is 0 Å². The molecule has 0 aromatic carbocycles. The van der Waals surface area contributed by atoms with Crippen LogP contribution in [0.15, 0.2) is 24.3 Å². The molecule has 0 bridgehead atoms. The normalized spacial score (nSPS) is 12.2. The lowest BCUT2D eigenvalue weighted by Crippen LogP contribution is -2.25. The first-order chi connectivity index (χ1) is 12.3. The summed E-state index contributed by atoms with van der Waals surface area (Å²) >= 11 is 0. The minimum Gasteiger partial charge on any atom is -0.396 e. The van der Waals surface area contributed by atoms with E-state index >= 15 is 0 Å². The monoisotopic (exact) mass is 353 g/mol. The van der Waals surface area contributed by atoms with Crippen LogP contribution in [0.3, 0.4) is 0 Å². The Morgan fingerprint density at radius 2 is 1.28 bits per heavy atom. The average Bonchev–Trinajstić information content (AvgIpc) is 2.63. The molecule has 3 heteroatoms. The Hall–Kier alpha value is -0.640. The van der Waals surface area contributed by atoms with Crippen LogP contribution >= 0.6 is 0 Å². The first-order valence-corrected chi connectivity index (χ1v) is 10.5. The van der Waals surface area contributed by atoms with Crippen molar-refractivity contribution >= 4 is 0 Å². The van der Waals surface area contributed by atoms with Crippen LogP contribution in [0.1, 0.15) is 90.4 Å². The molecule has 0 aliphatic heterocycles. The molecule has 0 aliphatic rings. The Kier molecular flexibility index (Phi) is 20.9. The second-order valence-electron chi connectivity index (χ2n) is 6.77. The molecule has 0 aliphatic carbocycles. The van der Waals surface area contributed by atoms with Gasteiger partial charge in [-0.15, -0.1) is 0 Å². The van der Waals surface area contributed by atoms with Gasteiger partial charge in [-0.3, -0.25) is 0 Å². The van der Waals surface area contributed by atoms with Crippen molar-refractivity contribution in [3.05, 3.63) is 24.3 Å². The van der Waals surface area contributed by atoms with Crippen LogP contribution in [0.5, 0.6) is 0 Å². The molecule has 3 nitrogen and oxygen atoms in total. The number of unbranched alkanes of at least 4 members (excludes halogenated alkanes) is 9. The van der Waals surface area contributed by atoms with E-state index in [1.54, 1.807) is 7.11 Å². The fourth-order valence-electron chi connectivity index (χ4n) is 2.82.